The number of carbonyl (C=O) groups is 1. The van der Waals surface area contributed by atoms with E-state index in [4.69, 9.17) is 14.2 Å². The number of benzene rings is 2. The lowest BCUT2D eigenvalue weighted by Crippen LogP contribution is -2.25. The number of methoxy groups -OCH3 is 1. The van der Waals surface area contributed by atoms with Crippen molar-refractivity contribution in [2.75, 3.05) is 20.3 Å². The van der Waals surface area contributed by atoms with Gasteiger partial charge in [0.05, 0.1) is 13.5 Å². The maximum Gasteiger partial charge on any atom is 0.224 e. The minimum atomic E-state index is -0.0710. The first kappa shape index (κ1) is 16.6. The van der Waals surface area contributed by atoms with Crippen molar-refractivity contribution in [3.05, 3.63) is 52.0 Å². The fourth-order valence-electron chi connectivity index (χ4n) is 2.52. The van der Waals surface area contributed by atoms with Gasteiger partial charge in [0.1, 0.15) is 19.0 Å². The molecule has 2 aromatic carbocycles. The van der Waals surface area contributed by atoms with Gasteiger partial charge < -0.3 is 19.5 Å². The highest BCUT2D eigenvalue weighted by molar-refractivity contribution is 9.10. The van der Waals surface area contributed by atoms with Gasteiger partial charge in [0.25, 0.3) is 0 Å². The van der Waals surface area contributed by atoms with Crippen LogP contribution in [0.4, 0.5) is 0 Å². The molecule has 1 aliphatic heterocycles. The number of para-hydroxylation sites is 1. The largest absolute Gasteiger partial charge is 0.496 e. The summed E-state index contributed by atoms with van der Waals surface area (Å²) in [6.07, 6.45) is 0.256. The van der Waals surface area contributed by atoms with E-state index in [2.05, 4.69) is 21.2 Å². The molecule has 0 aromatic heterocycles. The zero-order valence-corrected chi connectivity index (χ0v) is 14.9. The molecule has 5 nitrogen and oxygen atoms in total. The minimum absolute atomic E-state index is 0.0710. The number of amides is 1. The van der Waals surface area contributed by atoms with Crippen molar-refractivity contribution in [2.24, 2.45) is 0 Å². The molecule has 0 bridgehead atoms. The van der Waals surface area contributed by atoms with E-state index >= 15 is 0 Å². The highest BCUT2D eigenvalue weighted by atomic mass is 79.9. The number of hydrogen-bond donors (Lipinski definition) is 1. The number of hydrogen-bond acceptors (Lipinski definition) is 4. The number of fused-ring (bicyclic) bond motifs is 1. The minimum Gasteiger partial charge on any atom is -0.496 e. The molecule has 3 rings (SSSR count). The highest BCUT2D eigenvalue weighted by Gasteiger charge is 2.16. The van der Waals surface area contributed by atoms with E-state index in [0.29, 0.717) is 31.3 Å². The van der Waals surface area contributed by atoms with Crippen LogP contribution in [-0.2, 0) is 17.8 Å². The topological polar surface area (TPSA) is 56.8 Å². The van der Waals surface area contributed by atoms with Crippen LogP contribution < -0.4 is 19.5 Å². The molecule has 24 heavy (non-hydrogen) atoms. The summed E-state index contributed by atoms with van der Waals surface area (Å²) >= 11 is 3.49. The number of carbonyl (C=O) groups excluding carboxylic acids is 1. The molecule has 0 fully saturated rings. The van der Waals surface area contributed by atoms with Crippen LogP contribution in [0.5, 0.6) is 17.2 Å². The summed E-state index contributed by atoms with van der Waals surface area (Å²) in [5, 5.41) is 2.92. The number of halogens is 1. The molecule has 0 saturated heterocycles. The van der Waals surface area contributed by atoms with Gasteiger partial charge in [-0.05, 0) is 23.8 Å². The van der Waals surface area contributed by atoms with Crippen molar-refractivity contribution < 1.29 is 19.0 Å². The van der Waals surface area contributed by atoms with E-state index in [1.165, 1.54) is 0 Å². The number of nitrogens with one attached hydrogen (secondary N) is 1. The second-order valence-corrected chi connectivity index (χ2v) is 6.21. The van der Waals surface area contributed by atoms with Gasteiger partial charge in [-0.2, -0.15) is 0 Å². The van der Waals surface area contributed by atoms with Gasteiger partial charge >= 0.3 is 0 Å². The van der Waals surface area contributed by atoms with E-state index in [0.717, 1.165) is 21.3 Å². The normalized spacial score (nSPS) is 12.6. The second-order valence-electron chi connectivity index (χ2n) is 5.35. The molecule has 126 valence electrons. The van der Waals surface area contributed by atoms with Gasteiger partial charge in [0.2, 0.25) is 5.91 Å². The molecule has 0 spiro atoms. The van der Waals surface area contributed by atoms with E-state index in [1.54, 1.807) is 7.11 Å². The van der Waals surface area contributed by atoms with Crippen molar-refractivity contribution in [3.8, 4) is 17.2 Å². The predicted molar refractivity (Wildman–Crippen MR) is 93.7 cm³/mol. The van der Waals surface area contributed by atoms with Gasteiger partial charge in [-0.25, -0.2) is 0 Å². The molecular formula is C18H18BrNO4. The Labute approximate surface area is 149 Å². The first-order chi connectivity index (χ1) is 11.7. The summed E-state index contributed by atoms with van der Waals surface area (Å²) in [7, 11) is 1.62. The number of rotatable bonds is 5. The highest BCUT2D eigenvalue weighted by Crippen LogP contribution is 2.35. The lowest BCUT2D eigenvalue weighted by atomic mass is 10.1. The first-order valence-electron chi connectivity index (χ1n) is 7.64. The van der Waals surface area contributed by atoms with Crippen LogP contribution >= 0.6 is 15.9 Å². The summed E-state index contributed by atoms with van der Waals surface area (Å²) in [5.74, 6) is 2.07. The molecule has 2 aromatic rings. The van der Waals surface area contributed by atoms with Crippen LogP contribution in [0.3, 0.4) is 0 Å². The lowest BCUT2D eigenvalue weighted by molar-refractivity contribution is -0.120. The Hall–Kier alpha value is -2.21. The Bertz CT molecular complexity index is 748. The summed E-state index contributed by atoms with van der Waals surface area (Å²) < 4.78 is 17.2. The molecule has 0 radical (unpaired) electrons. The van der Waals surface area contributed by atoms with Crippen LogP contribution in [0.2, 0.25) is 0 Å². The SMILES string of the molecule is COc1ccccc1CNC(=O)Cc1cc2c(cc1Br)OCCO2. The third-order valence-electron chi connectivity index (χ3n) is 3.73. The maximum atomic E-state index is 12.3. The van der Waals surface area contributed by atoms with Crippen LogP contribution in [0, 0.1) is 0 Å². The lowest BCUT2D eigenvalue weighted by Gasteiger charge is -2.20. The summed E-state index contributed by atoms with van der Waals surface area (Å²) in [5.41, 5.74) is 1.80. The Balaban J connectivity index is 1.65. The number of ether oxygens (including phenoxy) is 3. The Morgan fingerprint density at radius 2 is 1.88 bits per heavy atom. The van der Waals surface area contributed by atoms with Gasteiger partial charge in [0.15, 0.2) is 11.5 Å². The summed E-state index contributed by atoms with van der Waals surface area (Å²) in [4.78, 5) is 12.3. The third kappa shape index (κ3) is 3.82. The van der Waals surface area contributed by atoms with Crippen LogP contribution in [-0.4, -0.2) is 26.2 Å². The van der Waals surface area contributed by atoms with Crippen molar-refractivity contribution >= 4 is 21.8 Å². The van der Waals surface area contributed by atoms with Gasteiger partial charge in [0, 0.05) is 16.6 Å². The first-order valence-corrected chi connectivity index (χ1v) is 8.43. The van der Waals surface area contributed by atoms with Crippen LogP contribution in [0.25, 0.3) is 0 Å². The standard InChI is InChI=1S/C18H18BrNO4/c1-22-15-5-3-2-4-12(15)11-20-18(21)9-13-8-16-17(10-14(13)19)24-7-6-23-16/h2-5,8,10H,6-7,9,11H2,1H3,(H,20,21). The Morgan fingerprint density at radius 3 is 2.62 bits per heavy atom. The Kier molecular flexibility index (Phi) is 5.25. The average molecular weight is 392 g/mol. The zero-order valence-electron chi connectivity index (χ0n) is 13.3. The molecule has 1 N–H and O–H groups in total. The monoisotopic (exact) mass is 391 g/mol. The van der Waals surface area contributed by atoms with Crippen molar-refractivity contribution in [3.63, 3.8) is 0 Å². The fraction of sp³-hybridized carbons (Fsp3) is 0.278. The smallest absolute Gasteiger partial charge is 0.224 e. The van der Waals surface area contributed by atoms with E-state index in [1.807, 2.05) is 36.4 Å². The quantitative estimate of drug-likeness (QED) is 0.850. The zero-order chi connectivity index (χ0) is 16.9. The summed E-state index contributed by atoms with van der Waals surface area (Å²) in [6.45, 7) is 1.48. The van der Waals surface area contributed by atoms with Crippen molar-refractivity contribution in [1.29, 1.82) is 0 Å². The summed E-state index contributed by atoms with van der Waals surface area (Å²) in [6, 6.07) is 11.3. The molecule has 1 heterocycles. The second kappa shape index (κ2) is 7.57. The molecule has 0 atom stereocenters. The predicted octanol–water partition coefficient (Wildman–Crippen LogP) is 3.09. The molecule has 1 aliphatic rings. The molecule has 0 saturated carbocycles. The molecule has 1 amide bonds. The molecule has 6 heteroatoms. The van der Waals surface area contributed by atoms with Crippen molar-refractivity contribution in [2.45, 2.75) is 13.0 Å². The Morgan fingerprint density at radius 1 is 1.17 bits per heavy atom. The maximum absolute atomic E-state index is 12.3. The van der Waals surface area contributed by atoms with Crippen LogP contribution in [0.15, 0.2) is 40.9 Å². The van der Waals surface area contributed by atoms with Crippen LogP contribution in [0.1, 0.15) is 11.1 Å². The van der Waals surface area contributed by atoms with E-state index < -0.39 is 0 Å². The molecular weight excluding hydrogens is 374 g/mol. The van der Waals surface area contributed by atoms with Crippen molar-refractivity contribution in [1.82, 2.24) is 5.32 Å². The van der Waals surface area contributed by atoms with Gasteiger partial charge in [-0.3, -0.25) is 4.79 Å². The van der Waals surface area contributed by atoms with E-state index in [-0.39, 0.29) is 12.3 Å². The van der Waals surface area contributed by atoms with Gasteiger partial charge in [-0.15, -0.1) is 0 Å². The van der Waals surface area contributed by atoms with E-state index in [9.17, 15) is 4.79 Å². The molecule has 0 unspecified atom stereocenters. The molecule has 0 aliphatic carbocycles. The average Bonchev–Trinajstić information content (AvgIpc) is 2.61. The van der Waals surface area contributed by atoms with Gasteiger partial charge in [-0.1, -0.05) is 34.1 Å². The third-order valence-corrected chi connectivity index (χ3v) is 4.47. The fourth-order valence-corrected chi connectivity index (χ4v) is 2.98.